The van der Waals surface area contributed by atoms with Gasteiger partial charge in [-0.25, -0.2) is 14.4 Å². The van der Waals surface area contributed by atoms with Gasteiger partial charge in [0.1, 0.15) is 15.8 Å². The molecule has 0 amide bonds. The van der Waals surface area contributed by atoms with Crippen molar-refractivity contribution in [3.8, 4) is 10.6 Å². The minimum atomic E-state index is -0.234. The van der Waals surface area contributed by atoms with Crippen molar-refractivity contribution in [1.29, 1.82) is 0 Å². The first-order chi connectivity index (χ1) is 14.6. The molecule has 0 fully saturated rings. The number of nitrogens with one attached hydrogen (secondary N) is 1. The highest BCUT2D eigenvalue weighted by Crippen LogP contribution is 2.47. The Kier molecular flexibility index (Phi) is 4.35. The number of para-hydroxylation sites is 1. The second-order valence-corrected chi connectivity index (χ2v) is 10.6. The number of anilines is 2. The Morgan fingerprint density at radius 2 is 1.87 bits per heavy atom. The van der Waals surface area contributed by atoms with E-state index in [1.165, 1.54) is 38.1 Å². The van der Waals surface area contributed by atoms with E-state index in [1.54, 1.807) is 34.8 Å². The van der Waals surface area contributed by atoms with Gasteiger partial charge in [0.15, 0.2) is 5.13 Å². The van der Waals surface area contributed by atoms with Crippen LogP contribution in [0.15, 0.2) is 42.5 Å². The molecule has 1 aliphatic heterocycles. The lowest BCUT2D eigenvalue weighted by molar-refractivity contribution is 0.317. The summed E-state index contributed by atoms with van der Waals surface area (Å²) in [7, 11) is 2.16. The van der Waals surface area contributed by atoms with Crippen LogP contribution in [0.1, 0.15) is 10.4 Å². The van der Waals surface area contributed by atoms with Gasteiger partial charge >= 0.3 is 0 Å². The predicted molar refractivity (Wildman–Crippen MR) is 126 cm³/mol. The summed E-state index contributed by atoms with van der Waals surface area (Å²) in [6.07, 6.45) is 1.01. The highest BCUT2D eigenvalue weighted by atomic mass is 32.1. The largest absolute Gasteiger partial charge is 0.323 e. The molecule has 150 valence electrons. The molecule has 30 heavy (non-hydrogen) atoms. The maximum absolute atomic E-state index is 13.6. The van der Waals surface area contributed by atoms with E-state index in [2.05, 4.69) is 40.4 Å². The van der Waals surface area contributed by atoms with Gasteiger partial charge in [0.25, 0.3) is 0 Å². The fourth-order valence-corrected chi connectivity index (χ4v) is 7.27. The summed E-state index contributed by atoms with van der Waals surface area (Å²) in [5.41, 5.74) is 4.44. The lowest BCUT2D eigenvalue weighted by Gasteiger charge is -2.22. The number of likely N-dealkylation sites (N-methyl/N-ethyl adjacent to an activating group) is 1. The average Bonchev–Trinajstić information content (AvgIpc) is 3.41. The number of hydrogen-bond donors (Lipinski definition) is 1. The van der Waals surface area contributed by atoms with Crippen molar-refractivity contribution in [2.45, 2.75) is 13.0 Å². The molecule has 4 heterocycles. The van der Waals surface area contributed by atoms with Crippen LogP contribution in [0, 0.1) is 5.82 Å². The lowest BCUT2D eigenvalue weighted by atomic mass is 10.0. The highest BCUT2D eigenvalue weighted by Gasteiger charge is 2.26. The molecule has 4 nitrogen and oxygen atoms in total. The van der Waals surface area contributed by atoms with Gasteiger partial charge in [0.05, 0.1) is 20.4 Å². The first kappa shape index (κ1) is 18.4. The number of benzene rings is 2. The maximum Gasteiger partial charge on any atom is 0.188 e. The van der Waals surface area contributed by atoms with E-state index in [1.807, 2.05) is 6.07 Å². The van der Waals surface area contributed by atoms with Crippen molar-refractivity contribution in [2.75, 3.05) is 18.9 Å². The normalized spacial score (nSPS) is 14.5. The quantitative estimate of drug-likeness (QED) is 0.339. The number of thiophene rings is 1. The van der Waals surface area contributed by atoms with Crippen LogP contribution in [0.5, 0.6) is 0 Å². The van der Waals surface area contributed by atoms with E-state index in [9.17, 15) is 4.39 Å². The number of nitrogens with zero attached hydrogens (tertiary/aromatic N) is 3. The highest BCUT2D eigenvalue weighted by molar-refractivity contribution is 7.24. The Morgan fingerprint density at radius 3 is 2.77 bits per heavy atom. The van der Waals surface area contributed by atoms with Gasteiger partial charge in [-0.1, -0.05) is 23.5 Å². The van der Waals surface area contributed by atoms with Crippen LogP contribution >= 0.6 is 34.0 Å². The number of aromatic nitrogens is 2. The molecule has 0 bridgehead atoms. The second kappa shape index (κ2) is 7.09. The van der Waals surface area contributed by atoms with Gasteiger partial charge < -0.3 is 10.2 Å². The first-order valence-electron chi connectivity index (χ1n) is 9.66. The zero-order valence-electron chi connectivity index (χ0n) is 16.1. The first-order valence-corrected chi connectivity index (χ1v) is 12.1. The summed E-state index contributed by atoms with van der Waals surface area (Å²) in [6, 6.07) is 13.0. The summed E-state index contributed by atoms with van der Waals surface area (Å²) >= 11 is 5.00. The molecule has 0 radical (unpaired) electrons. The summed E-state index contributed by atoms with van der Waals surface area (Å²) in [5.74, 6) is -0.234. The molecular formula is C22H17FN4S3. The van der Waals surface area contributed by atoms with Crippen molar-refractivity contribution in [1.82, 2.24) is 14.9 Å². The molecular weight excluding hydrogens is 435 g/mol. The number of hydrogen-bond acceptors (Lipinski definition) is 7. The van der Waals surface area contributed by atoms with Gasteiger partial charge in [-0.15, -0.1) is 22.7 Å². The molecule has 1 aliphatic rings. The molecule has 0 saturated heterocycles. The number of halogens is 1. The second-order valence-electron chi connectivity index (χ2n) is 7.44. The van der Waals surface area contributed by atoms with Crippen LogP contribution in [0.2, 0.25) is 0 Å². The van der Waals surface area contributed by atoms with Crippen molar-refractivity contribution >= 4 is 64.6 Å². The SMILES string of the molecule is CN1CCc2c(sc(Nc3nc4ccc(F)cc4s3)c2-c2nc3ccccc3s2)C1. The minimum Gasteiger partial charge on any atom is -0.323 e. The van der Waals surface area contributed by atoms with Crippen molar-refractivity contribution < 1.29 is 4.39 Å². The van der Waals surface area contributed by atoms with E-state index in [0.717, 1.165) is 50.4 Å². The third-order valence-electron chi connectivity index (χ3n) is 5.33. The topological polar surface area (TPSA) is 41.0 Å². The molecule has 1 N–H and O–H groups in total. The van der Waals surface area contributed by atoms with E-state index < -0.39 is 0 Å². The molecule has 0 saturated carbocycles. The standard InChI is InChI=1S/C22H17FN4S3/c1-27-9-8-13-18(11-27)29-21(19(13)20-24-14-4-2-3-5-16(14)28-20)26-22-25-15-7-6-12(23)10-17(15)30-22/h2-7,10H,8-9,11H2,1H3,(H,25,26). The Balaban J connectivity index is 1.48. The predicted octanol–water partition coefficient (Wildman–Crippen LogP) is 6.51. The smallest absolute Gasteiger partial charge is 0.188 e. The molecule has 0 spiro atoms. The molecule has 0 atom stereocenters. The van der Waals surface area contributed by atoms with Crippen LogP contribution in [0.25, 0.3) is 31.0 Å². The van der Waals surface area contributed by atoms with Crippen LogP contribution in [0.3, 0.4) is 0 Å². The van der Waals surface area contributed by atoms with E-state index in [4.69, 9.17) is 4.98 Å². The Labute approximate surface area is 184 Å². The number of rotatable bonds is 3. The molecule has 6 rings (SSSR count). The summed E-state index contributed by atoms with van der Waals surface area (Å²) < 4.78 is 15.6. The Bertz CT molecular complexity index is 1370. The van der Waals surface area contributed by atoms with Gasteiger partial charge in [0, 0.05) is 23.5 Å². The van der Waals surface area contributed by atoms with E-state index in [-0.39, 0.29) is 5.82 Å². The van der Waals surface area contributed by atoms with Crippen LogP contribution in [0.4, 0.5) is 14.5 Å². The number of thiazole rings is 2. The van der Waals surface area contributed by atoms with Crippen LogP contribution in [-0.2, 0) is 13.0 Å². The summed E-state index contributed by atoms with van der Waals surface area (Å²) in [5, 5.41) is 6.46. The van der Waals surface area contributed by atoms with Crippen LogP contribution in [-0.4, -0.2) is 28.5 Å². The van der Waals surface area contributed by atoms with E-state index in [0.29, 0.717) is 0 Å². The third-order valence-corrected chi connectivity index (χ3v) is 8.45. The summed E-state index contributed by atoms with van der Waals surface area (Å²) in [6.45, 7) is 1.99. The molecule has 0 aliphatic carbocycles. The molecule has 5 aromatic rings. The van der Waals surface area contributed by atoms with Gasteiger partial charge in [-0.3, -0.25) is 0 Å². The molecule has 8 heteroatoms. The van der Waals surface area contributed by atoms with Crippen molar-refractivity contribution in [3.63, 3.8) is 0 Å². The lowest BCUT2D eigenvalue weighted by Crippen LogP contribution is -2.25. The van der Waals surface area contributed by atoms with E-state index >= 15 is 0 Å². The fraction of sp³-hybridized carbons (Fsp3) is 0.182. The average molecular weight is 453 g/mol. The zero-order chi connectivity index (χ0) is 20.2. The van der Waals surface area contributed by atoms with Gasteiger partial charge in [-0.2, -0.15) is 0 Å². The van der Waals surface area contributed by atoms with Gasteiger partial charge in [-0.05, 0) is 49.4 Å². The summed E-state index contributed by atoms with van der Waals surface area (Å²) in [4.78, 5) is 13.3. The van der Waals surface area contributed by atoms with Crippen molar-refractivity contribution in [2.24, 2.45) is 0 Å². The Morgan fingerprint density at radius 1 is 1.00 bits per heavy atom. The molecule has 3 aromatic heterocycles. The van der Waals surface area contributed by atoms with Gasteiger partial charge in [0.2, 0.25) is 0 Å². The fourth-order valence-electron chi connectivity index (χ4n) is 3.87. The monoisotopic (exact) mass is 452 g/mol. The Hall–Kier alpha value is -2.39. The molecule has 0 unspecified atom stereocenters. The minimum absolute atomic E-state index is 0.234. The maximum atomic E-state index is 13.6. The van der Waals surface area contributed by atoms with Crippen LogP contribution < -0.4 is 5.32 Å². The number of fused-ring (bicyclic) bond motifs is 3. The van der Waals surface area contributed by atoms with Crippen molar-refractivity contribution in [3.05, 3.63) is 58.7 Å². The zero-order valence-corrected chi connectivity index (χ0v) is 18.6. The third kappa shape index (κ3) is 3.11. The molecule has 2 aromatic carbocycles.